The van der Waals surface area contributed by atoms with Gasteiger partial charge in [-0.05, 0) is 32.9 Å². The van der Waals surface area contributed by atoms with Crippen LogP contribution in [0.4, 0.5) is 0 Å². The number of nitrogens with zero attached hydrogens (tertiary/aromatic N) is 2. The maximum Gasteiger partial charge on any atom is 0.226 e. The average molecular weight is 195 g/mol. The molecule has 1 N–H and O–H groups in total. The molecule has 0 unspecified atom stereocenters. The summed E-state index contributed by atoms with van der Waals surface area (Å²) >= 11 is 0. The van der Waals surface area contributed by atoms with Gasteiger partial charge in [-0.1, -0.05) is 12.1 Å². The van der Waals surface area contributed by atoms with E-state index in [1.807, 2.05) is 7.05 Å². The molecule has 0 spiro atoms. The van der Waals surface area contributed by atoms with E-state index in [-0.39, 0.29) is 5.41 Å². The molecular formula is C10H17N3O. The third-order valence-corrected chi connectivity index (χ3v) is 2.83. The third kappa shape index (κ3) is 1.95. The zero-order valence-electron chi connectivity index (χ0n) is 8.84. The third-order valence-electron chi connectivity index (χ3n) is 2.83. The lowest BCUT2D eigenvalue weighted by Gasteiger charge is -1.97. The van der Waals surface area contributed by atoms with Gasteiger partial charge in [0.25, 0.3) is 0 Å². The van der Waals surface area contributed by atoms with Crippen LogP contribution in [0, 0.1) is 0 Å². The van der Waals surface area contributed by atoms with E-state index in [0.717, 1.165) is 31.1 Å². The summed E-state index contributed by atoms with van der Waals surface area (Å²) in [6.07, 6.45) is 4.32. The molecule has 0 amide bonds. The van der Waals surface area contributed by atoms with Crippen molar-refractivity contribution in [1.29, 1.82) is 0 Å². The van der Waals surface area contributed by atoms with Crippen molar-refractivity contribution in [2.45, 2.75) is 38.0 Å². The summed E-state index contributed by atoms with van der Waals surface area (Å²) in [6.45, 7) is 3.18. The van der Waals surface area contributed by atoms with Crippen LogP contribution in [0.2, 0.25) is 0 Å². The van der Waals surface area contributed by atoms with E-state index in [2.05, 4.69) is 22.4 Å². The molecule has 4 heteroatoms. The molecule has 0 aromatic carbocycles. The van der Waals surface area contributed by atoms with Gasteiger partial charge in [0, 0.05) is 11.8 Å². The van der Waals surface area contributed by atoms with E-state index >= 15 is 0 Å². The van der Waals surface area contributed by atoms with E-state index in [4.69, 9.17) is 4.52 Å². The van der Waals surface area contributed by atoms with E-state index in [1.165, 1.54) is 12.8 Å². The first kappa shape index (κ1) is 9.65. The highest BCUT2D eigenvalue weighted by Crippen LogP contribution is 2.45. The average Bonchev–Trinajstić information content (AvgIpc) is 2.76. The Morgan fingerprint density at radius 3 is 2.93 bits per heavy atom. The Morgan fingerprint density at radius 2 is 2.29 bits per heavy atom. The van der Waals surface area contributed by atoms with Gasteiger partial charge in [0.05, 0.1) is 0 Å². The Labute approximate surface area is 84.1 Å². The fourth-order valence-corrected chi connectivity index (χ4v) is 1.43. The Bertz CT molecular complexity index is 304. The fraction of sp³-hybridized carbons (Fsp3) is 0.800. The van der Waals surface area contributed by atoms with Gasteiger partial charge in [-0.15, -0.1) is 0 Å². The highest BCUT2D eigenvalue weighted by molar-refractivity contribution is 5.14. The molecule has 1 heterocycles. The molecule has 0 radical (unpaired) electrons. The second-order valence-corrected chi connectivity index (χ2v) is 4.28. The van der Waals surface area contributed by atoms with Gasteiger partial charge >= 0.3 is 0 Å². The van der Waals surface area contributed by atoms with Gasteiger partial charge in [0.1, 0.15) is 0 Å². The topological polar surface area (TPSA) is 51.0 Å². The fourth-order valence-electron chi connectivity index (χ4n) is 1.43. The largest absolute Gasteiger partial charge is 0.339 e. The van der Waals surface area contributed by atoms with Crippen LogP contribution in [0.25, 0.3) is 0 Å². The van der Waals surface area contributed by atoms with Gasteiger partial charge < -0.3 is 9.84 Å². The zero-order valence-corrected chi connectivity index (χ0v) is 8.84. The van der Waals surface area contributed by atoms with E-state index < -0.39 is 0 Å². The molecule has 1 aromatic rings. The minimum atomic E-state index is 0.227. The smallest absolute Gasteiger partial charge is 0.226 e. The van der Waals surface area contributed by atoms with Gasteiger partial charge in [0.2, 0.25) is 5.89 Å². The first-order chi connectivity index (χ1) is 6.74. The van der Waals surface area contributed by atoms with Crippen LogP contribution in [-0.4, -0.2) is 23.7 Å². The van der Waals surface area contributed by atoms with Crippen molar-refractivity contribution in [3.8, 4) is 0 Å². The van der Waals surface area contributed by atoms with Crippen molar-refractivity contribution in [2.75, 3.05) is 13.6 Å². The molecule has 0 saturated heterocycles. The van der Waals surface area contributed by atoms with E-state index in [0.29, 0.717) is 0 Å². The van der Waals surface area contributed by atoms with Crippen molar-refractivity contribution in [2.24, 2.45) is 0 Å². The van der Waals surface area contributed by atoms with E-state index in [9.17, 15) is 0 Å². The number of aromatic nitrogens is 2. The second kappa shape index (κ2) is 3.69. The summed E-state index contributed by atoms with van der Waals surface area (Å²) in [5.74, 6) is 1.68. The van der Waals surface area contributed by atoms with Crippen LogP contribution in [-0.2, 0) is 11.8 Å². The standard InChI is InChI=1S/C10H17N3O/c1-10(5-6-10)9-12-8(14-13-9)4-3-7-11-2/h11H,3-7H2,1-2H3. The molecule has 14 heavy (non-hydrogen) atoms. The molecular weight excluding hydrogens is 178 g/mol. The quantitative estimate of drug-likeness (QED) is 0.719. The summed E-state index contributed by atoms with van der Waals surface area (Å²) in [4.78, 5) is 4.41. The summed E-state index contributed by atoms with van der Waals surface area (Å²) in [6, 6.07) is 0. The van der Waals surface area contributed by atoms with Gasteiger partial charge in [-0.2, -0.15) is 4.98 Å². The number of nitrogens with one attached hydrogen (secondary N) is 1. The number of aryl methyl sites for hydroxylation is 1. The molecule has 78 valence electrons. The lowest BCUT2D eigenvalue weighted by Crippen LogP contribution is -2.08. The SMILES string of the molecule is CNCCCc1nc(C2(C)CC2)no1. The molecule has 0 atom stereocenters. The van der Waals surface area contributed by atoms with Crippen LogP contribution in [0.1, 0.15) is 37.9 Å². The molecule has 1 aliphatic carbocycles. The first-order valence-electron chi connectivity index (χ1n) is 5.22. The summed E-state index contributed by atoms with van der Waals surface area (Å²) in [5.41, 5.74) is 0.227. The molecule has 1 aromatic heterocycles. The summed E-state index contributed by atoms with van der Waals surface area (Å²) < 4.78 is 5.19. The van der Waals surface area contributed by atoms with Crippen LogP contribution >= 0.6 is 0 Å². The van der Waals surface area contributed by atoms with Crippen molar-refractivity contribution < 1.29 is 4.52 Å². The van der Waals surface area contributed by atoms with E-state index in [1.54, 1.807) is 0 Å². The van der Waals surface area contributed by atoms with Crippen LogP contribution in [0.5, 0.6) is 0 Å². The zero-order chi connectivity index (χ0) is 10.0. The van der Waals surface area contributed by atoms with Gasteiger partial charge in [-0.25, -0.2) is 0 Å². The highest BCUT2D eigenvalue weighted by Gasteiger charge is 2.43. The molecule has 0 aliphatic heterocycles. The number of hydrogen-bond acceptors (Lipinski definition) is 4. The van der Waals surface area contributed by atoms with Crippen molar-refractivity contribution in [1.82, 2.24) is 15.5 Å². The Kier molecular flexibility index (Phi) is 2.54. The minimum Gasteiger partial charge on any atom is -0.339 e. The summed E-state index contributed by atoms with van der Waals surface area (Å²) in [5, 5.41) is 7.12. The highest BCUT2D eigenvalue weighted by atomic mass is 16.5. The lowest BCUT2D eigenvalue weighted by molar-refractivity contribution is 0.366. The Hall–Kier alpha value is -0.900. The van der Waals surface area contributed by atoms with Gasteiger partial charge in [-0.3, -0.25) is 0 Å². The van der Waals surface area contributed by atoms with Gasteiger partial charge in [0.15, 0.2) is 5.82 Å². The first-order valence-corrected chi connectivity index (χ1v) is 5.22. The maximum atomic E-state index is 5.19. The van der Waals surface area contributed by atoms with Crippen LogP contribution in [0.15, 0.2) is 4.52 Å². The molecule has 2 rings (SSSR count). The Balaban J connectivity index is 1.90. The lowest BCUT2D eigenvalue weighted by atomic mass is 10.1. The number of hydrogen-bond donors (Lipinski definition) is 1. The normalized spacial score (nSPS) is 18.4. The predicted molar refractivity (Wildman–Crippen MR) is 53.1 cm³/mol. The molecule has 1 aliphatic rings. The van der Waals surface area contributed by atoms with Crippen molar-refractivity contribution in [3.63, 3.8) is 0 Å². The molecule has 4 nitrogen and oxygen atoms in total. The predicted octanol–water partition coefficient (Wildman–Crippen LogP) is 1.27. The second-order valence-electron chi connectivity index (χ2n) is 4.28. The van der Waals surface area contributed by atoms with Crippen molar-refractivity contribution in [3.05, 3.63) is 11.7 Å². The minimum absolute atomic E-state index is 0.227. The summed E-state index contributed by atoms with van der Waals surface area (Å²) in [7, 11) is 1.95. The monoisotopic (exact) mass is 195 g/mol. The number of rotatable bonds is 5. The molecule has 1 saturated carbocycles. The maximum absolute atomic E-state index is 5.19. The molecule has 1 fully saturated rings. The van der Waals surface area contributed by atoms with Crippen LogP contribution < -0.4 is 5.32 Å². The van der Waals surface area contributed by atoms with Crippen LogP contribution in [0.3, 0.4) is 0 Å². The molecule has 0 bridgehead atoms. The van der Waals surface area contributed by atoms with Crippen molar-refractivity contribution >= 4 is 0 Å². The Morgan fingerprint density at radius 1 is 1.50 bits per heavy atom.